The summed E-state index contributed by atoms with van der Waals surface area (Å²) in [7, 11) is 0. The van der Waals surface area contributed by atoms with Crippen LogP contribution in [0.3, 0.4) is 0 Å². The first kappa shape index (κ1) is 16.4. The van der Waals surface area contributed by atoms with E-state index in [1.807, 2.05) is 5.38 Å². The number of anilines is 1. The summed E-state index contributed by atoms with van der Waals surface area (Å²) in [4.78, 5) is 12.1. The van der Waals surface area contributed by atoms with E-state index >= 15 is 0 Å². The molecule has 2 aromatic rings. The summed E-state index contributed by atoms with van der Waals surface area (Å²) in [5.41, 5.74) is -1.24. The molecule has 0 saturated heterocycles. The molecule has 0 spiro atoms. The van der Waals surface area contributed by atoms with Gasteiger partial charge in [0, 0.05) is 14.9 Å². The van der Waals surface area contributed by atoms with E-state index in [1.165, 1.54) is 17.4 Å². The number of halogens is 3. The van der Waals surface area contributed by atoms with Gasteiger partial charge in [-0.25, -0.2) is 4.39 Å². The lowest BCUT2D eigenvalue weighted by atomic mass is 9.92. The van der Waals surface area contributed by atoms with Crippen molar-refractivity contribution < 1.29 is 14.3 Å². The second kappa shape index (κ2) is 6.44. The van der Waals surface area contributed by atoms with Crippen molar-refractivity contribution >= 4 is 50.5 Å². The first-order chi connectivity index (χ1) is 9.86. The van der Waals surface area contributed by atoms with E-state index in [2.05, 4.69) is 21.2 Å². The number of aliphatic hydroxyl groups is 1. The molecule has 0 radical (unpaired) electrons. The molecule has 0 saturated carbocycles. The average Bonchev–Trinajstić information content (AvgIpc) is 2.95. The molecule has 2 rings (SSSR count). The minimum Gasteiger partial charge on any atom is -0.380 e. The van der Waals surface area contributed by atoms with Crippen molar-refractivity contribution in [3.63, 3.8) is 0 Å². The number of thiophene rings is 1. The number of alkyl halides is 1. The van der Waals surface area contributed by atoms with Crippen molar-refractivity contribution in [2.24, 2.45) is 0 Å². The molecule has 0 aliphatic carbocycles. The van der Waals surface area contributed by atoms with Gasteiger partial charge < -0.3 is 10.4 Å². The molecule has 112 valence electrons. The van der Waals surface area contributed by atoms with Crippen LogP contribution in [0.4, 0.5) is 10.1 Å². The lowest BCUT2D eigenvalue weighted by Gasteiger charge is -2.26. The maximum atomic E-state index is 14.2. The average molecular weight is 393 g/mol. The van der Waals surface area contributed by atoms with Crippen molar-refractivity contribution in [3.05, 3.63) is 50.4 Å². The van der Waals surface area contributed by atoms with Gasteiger partial charge in [0.1, 0.15) is 17.3 Å². The molecule has 0 bridgehead atoms. The Bertz CT molecular complexity index is 661. The van der Waals surface area contributed by atoms with E-state index in [9.17, 15) is 14.3 Å². The number of hydrogen-bond acceptors (Lipinski definition) is 3. The van der Waals surface area contributed by atoms with Crippen molar-refractivity contribution in [1.29, 1.82) is 0 Å². The minimum atomic E-state index is -1.44. The maximum Gasteiger partial charge on any atom is 0.239 e. The largest absolute Gasteiger partial charge is 0.380 e. The van der Waals surface area contributed by atoms with Gasteiger partial charge in [-0.3, -0.25) is 4.79 Å². The molecular formula is C14H12BrClFNO2S. The number of benzene rings is 1. The molecule has 21 heavy (non-hydrogen) atoms. The SMILES string of the molecule is CC(O)(c1cccs1)c1cc(Br)cc(F)c1NC(=O)CCl. The van der Waals surface area contributed by atoms with E-state index in [4.69, 9.17) is 11.6 Å². The molecule has 0 aliphatic heterocycles. The van der Waals surface area contributed by atoms with E-state index in [0.717, 1.165) is 0 Å². The van der Waals surface area contributed by atoms with Crippen LogP contribution in [0.15, 0.2) is 34.1 Å². The molecule has 0 fully saturated rings. The third-order valence-corrected chi connectivity index (χ3v) is 4.75. The molecule has 3 nitrogen and oxygen atoms in total. The fourth-order valence-electron chi connectivity index (χ4n) is 1.95. The highest BCUT2D eigenvalue weighted by molar-refractivity contribution is 9.10. The van der Waals surface area contributed by atoms with E-state index in [-0.39, 0.29) is 17.1 Å². The van der Waals surface area contributed by atoms with Gasteiger partial charge >= 0.3 is 0 Å². The van der Waals surface area contributed by atoms with E-state index < -0.39 is 17.3 Å². The van der Waals surface area contributed by atoms with E-state index in [1.54, 1.807) is 25.1 Å². The van der Waals surface area contributed by atoms with Gasteiger partial charge in [0.2, 0.25) is 5.91 Å². The third kappa shape index (κ3) is 3.45. The van der Waals surface area contributed by atoms with Crippen molar-refractivity contribution in [2.75, 3.05) is 11.2 Å². The zero-order valence-electron chi connectivity index (χ0n) is 11.0. The molecular weight excluding hydrogens is 381 g/mol. The number of carbonyl (C=O) groups excluding carboxylic acids is 1. The van der Waals surface area contributed by atoms with Crippen LogP contribution in [-0.4, -0.2) is 16.9 Å². The predicted molar refractivity (Wildman–Crippen MR) is 86.4 cm³/mol. The summed E-state index contributed by atoms with van der Waals surface area (Å²) in [6, 6.07) is 6.33. The van der Waals surface area contributed by atoms with Crippen LogP contribution >= 0.6 is 38.9 Å². The van der Waals surface area contributed by atoms with Gasteiger partial charge in [0.25, 0.3) is 0 Å². The highest BCUT2D eigenvalue weighted by Gasteiger charge is 2.31. The van der Waals surface area contributed by atoms with Crippen LogP contribution in [0.2, 0.25) is 0 Å². The third-order valence-electron chi connectivity index (χ3n) is 2.97. The Morgan fingerprint density at radius 3 is 2.86 bits per heavy atom. The van der Waals surface area contributed by atoms with Crippen molar-refractivity contribution in [1.82, 2.24) is 0 Å². The normalized spacial score (nSPS) is 13.8. The van der Waals surface area contributed by atoms with Gasteiger partial charge in [-0.2, -0.15) is 0 Å². The number of amides is 1. The Morgan fingerprint density at radius 2 is 2.29 bits per heavy atom. The van der Waals surface area contributed by atoms with Crippen LogP contribution in [0.1, 0.15) is 17.4 Å². The standard InChI is InChI=1S/C14H12BrClFNO2S/c1-14(20,11-3-2-4-21-11)9-5-8(15)6-10(17)13(9)18-12(19)7-16/h2-6,20H,7H2,1H3,(H,18,19). The first-order valence-electron chi connectivity index (χ1n) is 5.98. The van der Waals surface area contributed by atoms with Crippen LogP contribution in [0.5, 0.6) is 0 Å². The van der Waals surface area contributed by atoms with Gasteiger partial charge in [-0.05, 0) is 30.5 Å². The molecule has 7 heteroatoms. The zero-order chi connectivity index (χ0) is 15.6. The summed E-state index contributed by atoms with van der Waals surface area (Å²) in [5.74, 6) is -1.48. The van der Waals surface area contributed by atoms with Gasteiger partial charge in [0.15, 0.2) is 0 Å². The second-order valence-electron chi connectivity index (χ2n) is 4.54. The number of nitrogens with one attached hydrogen (secondary N) is 1. The lowest BCUT2D eigenvalue weighted by molar-refractivity contribution is -0.113. The highest BCUT2D eigenvalue weighted by Crippen LogP contribution is 2.39. The molecule has 2 N–H and O–H groups in total. The lowest BCUT2D eigenvalue weighted by Crippen LogP contribution is -2.25. The molecule has 1 aromatic carbocycles. The minimum absolute atomic E-state index is 0.0674. The van der Waals surface area contributed by atoms with Crippen molar-refractivity contribution in [3.8, 4) is 0 Å². The molecule has 1 heterocycles. The molecule has 0 aliphatic rings. The van der Waals surface area contributed by atoms with Gasteiger partial charge in [0.05, 0.1) is 5.69 Å². The summed E-state index contributed by atoms with van der Waals surface area (Å²) in [6.45, 7) is 1.55. The Morgan fingerprint density at radius 1 is 1.57 bits per heavy atom. The van der Waals surface area contributed by atoms with Crippen molar-refractivity contribution in [2.45, 2.75) is 12.5 Å². The van der Waals surface area contributed by atoms with Crippen LogP contribution in [0, 0.1) is 5.82 Å². The van der Waals surface area contributed by atoms with Crippen LogP contribution in [-0.2, 0) is 10.4 Å². The highest BCUT2D eigenvalue weighted by atomic mass is 79.9. The van der Waals surface area contributed by atoms with Crippen LogP contribution < -0.4 is 5.32 Å². The monoisotopic (exact) mass is 391 g/mol. The fraction of sp³-hybridized carbons (Fsp3) is 0.214. The number of rotatable bonds is 4. The number of hydrogen-bond donors (Lipinski definition) is 2. The zero-order valence-corrected chi connectivity index (χ0v) is 14.1. The second-order valence-corrected chi connectivity index (χ2v) is 6.67. The Hall–Kier alpha value is -0.950. The molecule has 1 aromatic heterocycles. The van der Waals surface area contributed by atoms with Gasteiger partial charge in [-0.15, -0.1) is 22.9 Å². The summed E-state index contributed by atoms with van der Waals surface area (Å²) in [5, 5.41) is 15.0. The topological polar surface area (TPSA) is 49.3 Å². The molecule has 1 unspecified atom stereocenters. The summed E-state index contributed by atoms with van der Waals surface area (Å²) in [6.07, 6.45) is 0. The van der Waals surface area contributed by atoms with Crippen LogP contribution in [0.25, 0.3) is 0 Å². The maximum absolute atomic E-state index is 14.2. The summed E-state index contributed by atoms with van der Waals surface area (Å²) >= 11 is 9.99. The first-order valence-corrected chi connectivity index (χ1v) is 8.18. The van der Waals surface area contributed by atoms with Gasteiger partial charge in [-0.1, -0.05) is 22.0 Å². The predicted octanol–water partition coefficient (Wildman–Crippen LogP) is 4.08. The fourth-order valence-corrected chi connectivity index (χ4v) is 3.24. The van der Waals surface area contributed by atoms with E-state index in [0.29, 0.717) is 9.35 Å². The smallest absolute Gasteiger partial charge is 0.239 e. The summed E-state index contributed by atoms with van der Waals surface area (Å²) < 4.78 is 14.7. The molecule has 1 amide bonds. The number of carbonyl (C=O) groups is 1. The quantitative estimate of drug-likeness (QED) is 0.770. The Balaban J connectivity index is 2.58. The molecule has 1 atom stereocenters. The Kier molecular flexibility index (Phi) is 5.03. The Labute approximate surface area is 138 Å².